The van der Waals surface area contributed by atoms with Crippen LogP contribution >= 0.6 is 0 Å². The van der Waals surface area contributed by atoms with Gasteiger partial charge in [0.1, 0.15) is 11.4 Å². The molecule has 0 amide bonds. The minimum Gasteiger partial charge on any atom is -0.287 e. The number of carbonyl (C=O) groups is 2. The summed E-state index contributed by atoms with van der Waals surface area (Å²) in [7, 11) is 0. The van der Waals surface area contributed by atoms with Gasteiger partial charge in [-0.25, -0.2) is 0 Å². The lowest BCUT2D eigenvalue weighted by atomic mass is 9.94. The number of hydrogen-bond donors (Lipinski definition) is 0. The number of aromatic nitrogens is 2. The van der Waals surface area contributed by atoms with E-state index in [-0.39, 0.29) is 11.6 Å². The number of rotatable bonds is 4. The molecule has 5 aromatic rings. The van der Waals surface area contributed by atoms with Gasteiger partial charge in [-0.3, -0.25) is 19.6 Å². The van der Waals surface area contributed by atoms with Crippen molar-refractivity contribution in [2.45, 2.75) is 0 Å². The van der Waals surface area contributed by atoms with Crippen molar-refractivity contribution in [3.8, 4) is 0 Å². The molecule has 0 radical (unpaired) electrons. The van der Waals surface area contributed by atoms with Crippen molar-refractivity contribution in [3.05, 3.63) is 120 Å². The minimum absolute atomic E-state index is 0.281. The number of hydrogen-bond acceptors (Lipinski definition) is 4. The van der Waals surface area contributed by atoms with Gasteiger partial charge in [0, 0.05) is 34.3 Å². The van der Waals surface area contributed by atoms with Crippen LogP contribution in [0.15, 0.2) is 97.3 Å². The second-order valence-electron chi connectivity index (χ2n) is 6.97. The Labute approximate surface area is 172 Å². The molecule has 2 aromatic heterocycles. The molecular formula is C26H16N2O2. The van der Waals surface area contributed by atoms with Crippen molar-refractivity contribution in [1.29, 1.82) is 0 Å². The topological polar surface area (TPSA) is 59.9 Å². The Hall–Kier alpha value is -4.18. The summed E-state index contributed by atoms with van der Waals surface area (Å²) in [5.74, 6) is -0.563. The van der Waals surface area contributed by atoms with Crippen LogP contribution < -0.4 is 0 Å². The molecule has 0 spiro atoms. The third-order valence-corrected chi connectivity index (χ3v) is 5.19. The van der Waals surface area contributed by atoms with Crippen molar-refractivity contribution in [2.75, 3.05) is 0 Å². The average molecular weight is 388 g/mol. The van der Waals surface area contributed by atoms with Crippen molar-refractivity contribution in [2.24, 2.45) is 0 Å². The molecule has 0 unspecified atom stereocenters. The van der Waals surface area contributed by atoms with Crippen LogP contribution in [0.4, 0.5) is 0 Å². The van der Waals surface area contributed by atoms with Gasteiger partial charge in [-0.1, -0.05) is 72.8 Å². The van der Waals surface area contributed by atoms with Gasteiger partial charge in [-0.2, -0.15) is 0 Å². The normalized spacial score (nSPS) is 10.9. The number of ketones is 2. The predicted molar refractivity (Wildman–Crippen MR) is 117 cm³/mol. The molecule has 30 heavy (non-hydrogen) atoms. The first-order valence-electron chi connectivity index (χ1n) is 9.60. The molecule has 0 saturated carbocycles. The number of nitrogens with zero attached hydrogens (tertiary/aromatic N) is 2. The summed E-state index contributed by atoms with van der Waals surface area (Å²) in [5.41, 5.74) is 1.31. The van der Waals surface area contributed by atoms with Gasteiger partial charge in [-0.05, 0) is 22.9 Å². The zero-order valence-electron chi connectivity index (χ0n) is 15.9. The Morgan fingerprint density at radius 3 is 1.37 bits per heavy atom. The fourth-order valence-electron chi connectivity index (χ4n) is 3.74. The maximum atomic E-state index is 13.4. The van der Waals surface area contributed by atoms with Gasteiger partial charge >= 0.3 is 0 Å². The third-order valence-electron chi connectivity index (χ3n) is 5.19. The van der Waals surface area contributed by atoms with Gasteiger partial charge < -0.3 is 0 Å². The van der Waals surface area contributed by atoms with E-state index in [1.54, 1.807) is 36.7 Å². The quantitative estimate of drug-likeness (QED) is 0.395. The maximum Gasteiger partial charge on any atom is 0.212 e. The van der Waals surface area contributed by atoms with Crippen LogP contribution in [0.1, 0.15) is 32.1 Å². The summed E-state index contributed by atoms with van der Waals surface area (Å²) < 4.78 is 0. The lowest BCUT2D eigenvalue weighted by Gasteiger charge is -2.10. The monoisotopic (exact) mass is 388 g/mol. The van der Waals surface area contributed by atoms with E-state index in [2.05, 4.69) is 9.97 Å². The number of fused-ring (bicyclic) bond motifs is 2. The second-order valence-corrected chi connectivity index (χ2v) is 6.97. The van der Waals surface area contributed by atoms with Crippen molar-refractivity contribution >= 4 is 33.1 Å². The molecule has 4 nitrogen and oxygen atoms in total. The lowest BCUT2D eigenvalue weighted by Crippen LogP contribution is -2.13. The van der Waals surface area contributed by atoms with Crippen LogP contribution in [0, 0.1) is 0 Å². The number of pyridine rings is 2. The fraction of sp³-hybridized carbons (Fsp3) is 0. The SMILES string of the molecule is O=C(c1ccccc1C(=O)c1nccc2ccccc12)c1nccc2ccccc12. The molecule has 4 heteroatoms. The lowest BCUT2D eigenvalue weighted by molar-refractivity contribution is 0.100. The van der Waals surface area contributed by atoms with Crippen LogP contribution in [0.3, 0.4) is 0 Å². The highest BCUT2D eigenvalue weighted by Crippen LogP contribution is 2.24. The molecule has 0 fully saturated rings. The predicted octanol–water partition coefficient (Wildman–Crippen LogP) is 5.25. The molecule has 2 heterocycles. The zero-order valence-corrected chi connectivity index (χ0v) is 15.9. The van der Waals surface area contributed by atoms with Gasteiger partial charge in [0.15, 0.2) is 0 Å². The molecule has 0 N–H and O–H groups in total. The molecule has 5 rings (SSSR count). The molecule has 0 aliphatic rings. The molecular weight excluding hydrogens is 372 g/mol. The van der Waals surface area contributed by atoms with Gasteiger partial charge in [0.2, 0.25) is 11.6 Å². The fourth-order valence-corrected chi connectivity index (χ4v) is 3.74. The number of benzene rings is 3. The zero-order chi connectivity index (χ0) is 20.5. The van der Waals surface area contributed by atoms with Crippen LogP contribution in [0.25, 0.3) is 21.5 Å². The maximum absolute atomic E-state index is 13.4. The Bertz CT molecular complexity index is 1320. The van der Waals surface area contributed by atoms with E-state index in [1.165, 1.54) is 0 Å². The summed E-state index contributed by atoms with van der Waals surface area (Å²) in [6, 6.07) is 25.8. The van der Waals surface area contributed by atoms with E-state index in [0.29, 0.717) is 22.5 Å². The third kappa shape index (κ3) is 2.95. The number of carbonyl (C=O) groups excluding carboxylic acids is 2. The molecule has 142 valence electrons. The van der Waals surface area contributed by atoms with Crippen molar-refractivity contribution in [1.82, 2.24) is 9.97 Å². The first-order valence-corrected chi connectivity index (χ1v) is 9.60. The van der Waals surface area contributed by atoms with Crippen LogP contribution in [0.2, 0.25) is 0 Å². The smallest absolute Gasteiger partial charge is 0.212 e. The van der Waals surface area contributed by atoms with E-state index in [0.717, 1.165) is 21.5 Å². The van der Waals surface area contributed by atoms with Crippen molar-refractivity contribution in [3.63, 3.8) is 0 Å². The largest absolute Gasteiger partial charge is 0.287 e. The van der Waals surface area contributed by atoms with Crippen LogP contribution in [-0.4, -0.2) is 21.5 Å². The van der Waals surface area contributed by atoms with E-state index in [1.807, 2.05) is 60.7 Å². The van der Waals surface area contributed by atoms with E-state index in [4.69, 9.17) is 0 Å². The minimum atomic E-state index is -0.281. The molecule has 0 atom stereocenters. The first-order chi connectivity index (χ1) is 14.7. The molecule has 0 saturated heterocycles. The standard InChI is InChI=1S/C26H16N2O2/c29-25(23-19-9-3-1-7-17(19)13-15-27-23)21-11-5-6-12-22(21)26(30)24-20-10-4-2-8-18(20)14-16-28-24/h1-16H. The highest BCUT2D eigenvalue weighted by atomic mass is 16.1. The van der Waals surface area contributed by atoms with E-state index >= 15 is 0 Å². The van der Waals surface area contributed by atoms with Gasteiger partial charge in [0.25, 0.3) is 0 Å². The summed E-state index contributed by atoms with van der Waals surface area (Å²) >= 11 is 0. The summed E-state index contributed by atoms with van der Waals surface area (Å²) in [6.07, 6.45) is 3.23. The van der Waals surface area contributed by atoms with Crippen molar-refractivity contribution < 1.29 is 9.59 Å². The van der Waals surface area contributed by atoms with E-state index < -0.39 is 0 Å². The summed E-state index contributed by atoms with van der Waals surface area (Å²) in [5, 5.41) is 3.37. The molecule has 0 aliphatic heterocycles. The molecule has 0 bridgehead atoms. The highest BCUT2D eigenvalue weighted by molar-refractivity contribution is 6.23. The van der Waals surface area contributed by atoms with Gasteiger partial charge in [0.05, 0.1) is 0 Å². The highest BCUT2D eigenvalue weighted by Gasteiger charge is 2.23. The van der Waals surface area contributed by atoms with Crippen LogP contribution in [0.5, 0.6) is 0 Å². The van der Waals surface area contributed by atoms with Crippen LogP contribution in [-0.2, 0) is 0 Å². The Balaban J connectivity index is 1.66. The molecule has 0 aliphatic carbocycles. The molecule has 3 aromatic carbocycles. The average Bonchev–Trinajstić information content (AvgIpc) is 2.82. The summed E-state index contributed by atoms with van der Waals surface area (Å²) in [6.45, 7) is 0. The summed E-state index contributed by atoms with van der Waals surface area (Å²) in [4.78, 5) is 35.6. The van der Waals surface area contributed by atoms with Gasteiger partial charge in [-0.15, -0.1) is 0 Å². The first kappa shape index (κ1) is 17.9. The second kappa shape index (κ2) is 7.33. The van der Waals surface area contributed by atoms with E-state index in [9.17, 15) is 9.59 Å². The Morgan fingerprint density at radius 2 is 0.900 bits per heavy atom. The Morgan fingerprint density at radius 1 is 0.500 bits per heavy atom. The Kier molecular flexibility index (Phi) is 4.37.